The zero-order valence-electron chi connectivity index (χ0n) is 10.1. The maximum absolute atomic E-state index is 10.1. The van der Waals surface area contributed by atoms with E-state index in [-0.39, 0.29) is 0 Å². The Morgan fingerprint density at radius 2 is 1.56 bits per heavy atom. The molecule has 0 aliphatic carbocycles. The summed E-state index contributed by atoms with van der Waals surface area (Å²) in [6.45, 7) is 3.65. The lowest BCUT2D eigenvalue weighted by Gasteiger charge is -2.43. The third-order valence-corrected chi connectivity index (χ3v) is 3.21. The quantitative estimate of drug-likeness (QED) is 0.375. The summed E-state index contributed by atoms with van der Waals surface area (Å²) in [6.07, 6.45) is -4.83. The molecule has 0 bridgehead atoms. The molecule has 16 heavy (non-hydrogen) atoms. The van der Waals surface area contributed by atoms with E-state index in [4.69, 9.17) is 9.84 Å². The summed E-state index contributed by atoms with van der Waals surface area (Å²) in [7, 11) is 1.36. The molecule has 0 aliphatic heterocycles. The molecule has 98 valence electrons. The summed E-state index contributed by atoms with van der Waals surface area (Å²) in [5.74, 6) is 0. The van der Waals surface area contributed by atoms with Gasteiger partial charge in [0, 0.05) is 7.11 Å². The van der Waals surface area contributed by atoms with Crippen LogP contribution in [-0.4, -0.2) is 68.8 Å². The van der Waals surface area contributed by atoms with Gasteiger partial charge in [0.25, 0.3) is 0 Å². The van der Waals surface area contributed by atoms with Crippen LogP contribution < -0.4 is 0 Å². The van der Waals surface area contributed by atoms with Crippen molar-refractivity contribution in [1.29, 1.82) is 0 Å². The second kappa shape index (κ2) is 5.39. The monoisotopic (exact) mass is 238 g/mol. The smallest absolute Gasteiger partial charge is 0.119 e. The fraction of sp³-hybridized carbons (Fsp3) is 1.00. The van der Waals surface area contributed by atoms with Crippen molar-refractivity contribution in [2.75, 3.05) is 13.7 Å². The number of ether oxygens (including phenoxy) is 1. The number of aliphatic hydroxyl groups is 5. The second-order valence-corrected chi connectivity index (χ2v) is 4.55. The van der Waals surface area contributed by atoms with Crippen molar-refractivity contribution in [3.63, 3.8) is 0 Å². The van der Waals surface area contributed by atoms with Gasteiger partial charge in [-0.2, -0.15) is 0 Å². The SMILES string of the molecule is COC(C)(C)[C@](C)(O)[C@@H](O)[C@H](O)[C@H](O)CO. The van der Waals surface area contributed by atoms with Gasteiger partial charge in [-0.15, -0.1) is 0 Å². The molecule has 0 aliphatic rings. The molecule has 6 heteroatoms. The van der Waals surface area contributed by atoms with Crippen molar-refractivity contribution in [1.82, 2.24) is 0 Å². The van der Waals surface area contributed by atoms with Crippen molar-refractivity contribution in [2.45, 2.75) is 50.3 Å². The predicted octanol–water partition coefficient (Wildman–Crippen LogP) is -1.76. The Hall–Kier alpha value is -0.240. The highest BCUT2D eigenvalue weighted by Crippen LogP contribution is 2.30. The van der Waals surface area contributed by atoms with Crippen molar-refractivity contribution >= 4 is 0 Å². The lowest BCUT2D eigenvalue weighted by Crippen LogP contribution is -2.62. The van der Waals surface area contributed by atoms with E-state index in [2.05, 4.69) is 0 Å². The second-order valence-electron chi connectivity index (χ2n) is 4.55. The van der Waals surface area contributed by atoms with Gasteiger partial charge in [0.2, 0.25) is 0 Å². The molecule has 0 spiro atoms. The molecular formula is C10H22O6. The normalized spacial score (nSPS) is 22.3. The highest BCUT2D eigenvalue weighted by atomic mass is 16.5. The molecule has 0 fully saturated rings. The van der Waals surface area contributed by atoms with Crippen LogP contribution in [-0.2, 0) is 4.74 Å². The Labute approximate surface area is 95.1 Å². The number of aliphatic hydroxyl groups excluding tert-OH is 4. The third-order valence-electron chi connectivity index (χ3n) is 3.21. The third kappa shape index (κ3) is 2.91. The largest absolute Gasteiger partial charge is 0.394 e. The maximum atomic E-state index is 10.1. The average Bonchev–Trinajstić information content (AvgIpc) is 2.25. The molecule has 0 radical (unpaired) electrons. The molecule has 0 rings (SSSR count). The summed E-state index contributed by atoms with van der Waals surface area (Å²) in [5, 5.41) is 47.2. The minimum atomic E-state index is -1.78. The van der Waals surface area contributed by atoms with Crippen LogP contribution in [0.15, 0.2) is 0 Å². The molecule has 0 saturated heterocycles. The molecule has 0 unspecified atom stereocenters. The highest BCUT2D eigenvalue weighted by Gasteiger charge is 2.49. The molecule has 0 amide bonds. The van der Waals surface area contributed by atoms with Gasteiger partial charge in [0.05, 0.1) is 12.2 Å². The Bertz CT molecular complexity index is 215. The van der Waals surface area contributed by atoms with Gasteiger partial charge in [0.15, 0.2) is 0 Å². The first-order chi connectivity index (χ1) is 7.11. The van der Waals surface area contributed by atoms with Gasteiger partial charge < -0.3 is 30.3 Å². The van der Waals surface area contributed by atoms with Crippen molar-refractivity contribution in [3.05, 3.63) is 0 Å². The van der Waals surface area contributed by atoms with Crippen molar-refractivity contribution in [2.24, 2.45) is 0 Å². The van der Waals surface area contributed by atoms with E-state index in [1.807, 2.05) is 0 Å². The fourth-order valence-corrected chi connectivity index (χ4v) is 1.21. The lowest BCUT2D eigenvalue weighted by molar-refractivity contribution is -0.223. The van der Waals surface area contributed by atoms with Gasteiger partial charge in [-0.1, -0.05) is 0 Å². The lowest BCUT2D eigenvalue weighted by atomic mass is 9.79. The summed E-state index contributed by atoms with van der Waals surface area (Å²) >= 11 is 0. The first-order valence-corrected chi connectivity index (χ1v) is 5.04. The van der Waals surface area contributed by atoms with Crippen LogP contribution in [0.3, 0.4) is 0 Å². The van der Waals surface area contributed by atoms with E-state index < -0.39 is 36.1 Å². The van der Waals surface area contributed by atoms with E-state index in [1.54, 1.807) is 0 Å². The van der Waals surface area contributed by atoms with Gasteiger partial charge >= 0.3 is 0 Å². The standard InChI is InChI=1S/C10H22O6/c1-9(2,16-4)10(3,15)8(14)7(13)6(12)5-11/h6-8,11-15H,5H2,1-4H3/t6-,7-,8+,10-/m1/s1. The van der Waals surface area contributed by atoms with Crippen LogP contribution in [0.4, 0.5) is 0 Å². The number of rotatable bonds is 6. The Morgan fingerprint density at radius 1 is 1.12 bits per heavy atom. The summed E-state index contributed by atoms with van der Waals surface area (Å²) < 4.78 is 5.02. The average molecular weight is 238 g/mol. The van der Waals surface area contributed by atoms with Crippen LogP contribution in [0, 0.1) is 0 Å². The first kappa shape index (κ1) is 15.8. The Kier molecular flexibility index (Phi) is 5.31. The predicted molar refractivity (Wildman–Crippen MR) is 56.8 cm³/mol. The number of methoxy groups -OCH3 is 1. The van der Waals surface area contributed by atoms with Crippen LogP contribution in [0.5, 0.6) is 0 Å². The fourth-order valence-electron chi connectivity index (χ4n) is 1.21. The molecule has 0 aromatic heterocycles. The van der Waals surface area contributed by atoms with Gasteiger partial charge in [0.1, 0.15) is 23.9 Å². The molecule has 0 saturated carbocycles. The summed E-state index contributed by atoms with van der Waals surface area (Å²) in [6, 6.07) is 0. The zero-order chi connectivity index (χ0) is 13.1. The maximum Gasteiger partial charge on any atom is 0.119 e. The Morgan fingerprint density at radius 3 is 1.88 bits per heavy atom. The van der Waals surface area contributed by atoms with Gasteiger partial charge in [-0.25, -0.2) is 0 Å². The summed E-state index contributed by atoms with van der Waals surface area (Å²) in [5.41, 5.74) is -2.90. The minimum Gasteiger partial charge on any atom is -0.394 e. The topological polar surface area (TPSA) is 110 Å². The van der Waals surface area contributed by atoms with E-state index >= 15 is 0 Å². The van der Waals surface area contributed by atoms with Gasteiger partial charge in [-0.05, 0) is 20.8 Å². The Balaban J connectivity index is 4.88. The minimum absolute atomic E-state index is 0.707. The highest BCUT2D eigenvalue weighted by molar-refractivity contribution is 5.00. The molecule has 0 heterocycles. The van der Waals surface area contributed by atoms with Crippen molar-refractivity contribution < 1.29 is 30.3 Å². The van der Waals surface area contributed by atoms with Crippen LogP contribution in [0.1, 0.15) is 20.8 Å². The van der Waals surface area contributed by atoms with Crippen LogP contribution >= 0.6 is 0 Å². The van der Waals surface area contributed by atoms with Crippen molar-refractivity contribution in [3.8, 4) is 0 Å². The number of hydrogen-bond donors (Lipinski definition) is 5. The molecule has 0 aromatic rings. The van der Waals surface area contributed by atoms with E-state index in [9.17, 15) is 20.4 Å². The van der Waals surface area contributed by atoms with Crippen LogP contribution in [0.25, 0.3) is 0 Å². The van der Waals surface area contributed by atoms with E-state index in [0.29, 0.717) is 0 Å². The zero-order valence-corrected chi connectivity index (χ0v) is 10.1. The molecule has 0 aromatic carbocycles. The number of hydrogen-bond acceptors (Lipinski definition) is 6. The van der Waals surface area contributed by atoms with E-state index in [0.717, 1.165) is 0 Å². The van der Waals surface area contributed by atoms with E-state index in [1.165, 1.54) is 27.9 Å². The first-order valence-electron chi connectivity index (χ1n) is 5.04. The van der Waals surface area contributed by atoms with Gasteiger partial charge in [-0.3, -0.25) is 0 Å². The molecule has 4 atom stereocenters. The summed E-state index contributed by atoms with van der Waals surface area (Å²) in [4.78, 5) is 0. The molecular weight excluding hydrogens is 216 g/mol. The van der Waals surface area contributed by atoms with Crippen LogP contribution in [0.2, 0.25) is 0 Å². The molecule has 6 nitrogen and oxygen atoms in total. The molecule has 5 N–H and O–H groups in total.